The predicted octanol–water partition coefficient (Wildman–Crippen LogP) is 2.33. The number of nitrogens with one attached hydrogen (secondary N) is 1. The SMILES string of the molecule is CCNC(=NCc1cnn(C)c1)N1CCN(c2ccccc2)CC1.I. The molecule has 0 amide bonds. The number of anilines is 1. The molecule has 1 aliphatic heterocycles. The number of rotatable bonds is 4. The normalized spacial score (nSPS) is 15.0. The molecule has 0 saturated carbocycles. The number of nitrogens with zero attached hydrogens (tertiary/aromatic N) is 5. The number of aryl methyl sites for hydroxylation is 1. The molecule has 1 aliphatic rings. The lowest BCUT2D eigenvalue weighted by molar-refractivity contribution is 0.372. The van der Waals surface area contributed by atoms with E-state index >= 15 is 0 Å². The first-order valence-corrected chi connectivity index (χ1v) is 8.57. The summed E-state index contributed by atoms with van der Waals surface area (Å²) in [6.45, 7) is 7.64. The zero-order chi connectivity index (χ0) is 16.8. The third-order valence-electron chi connectivity index (χ3n) is 4.21. The van der Waals surface area contributed by atoms with Gasteiger partial charge in [-0.05, 0) is 19.1 Å². The summed E-state index contributed by atoms with van der Waals surface area (Å²) >= 11 is 0. The summed E-state index contributed by atoms with van der Waals surface area (Å²) in [6, 6.07) is 10.6. The van der Waals surface area contributed by atoms with Crippen molar-refractivity contribution in [1.82, 2.24) is 20.0 Å². The van der Waals surface area contributed by atoms with Gasteiger partial charge in [0.25, 0.3) is 0 Å². The Morgan fingerprint density at radius 3 is 2.48 bits per heavy atom. The maximum Gasteiger partial charge on any atom is 0.194 e. The zero-order valence-corrected chi connectivity index (χ0v) is 17.3. The minimum Gasteiger partial charge on any atom is -0.368 e. The number of hydrogen-bond donors (Lipinski definition) is 1. The third kappa shape index (κ3) is 5.35. The summed E-state index contributed by atoms with van der Waals surface area (Å²) < 4.78 is 1.82. The van der Waals surface area contributed by atoms with Crippen molar-refractivity contribution in [3.05, 3.63) is 48.3 Å². The van der Waals surface area contributed by atoms with E-state index in [1.54, 1.807) is 0 Å². The van der Waals surface area contributed by atoms with Crippen LogP contribution in [0.3, 0.4) is 0 Å². The fourth-order valence-electron chi connectivity index (χ4n) is 2.96. The van der Waals surface area contributed by atoms with Crippen LogP contribution in [0.1, 0.15) is 12.5 Å². The number of halogens is 1. The van der Waals surface area contributed by atoms with Crippen LogP contribution in [0, 0.1) is 0 Å². The lowest BCUT2D eigenvalue weighted by Crippen LogP contribution is -2.52. The molecule has 7 heteroatoms. The molecule has 1 N–H and O–H groups in total. The highest BCUT2D eigenvalue weighted by atomic mass is 127. The van der Waals surface area contributed by atoms with Crippen molar-refractivity contribution in [2.75, 3.05) is 37.6 Å². The van der Waals surface area contributed by atoms with E-state index in [1.165, 1.54) is 5.69 Å². The van der Waals surface area contributed by atoms with Crippen molar-refractivity contribution in [2.45, 2.75) is 13.5 Å². The summed E-state index contributed by atoms with van der Waals surface area (Å²) in [5.41, 5.74) is 2.44. The molecule has 1 fully saturated rings. The lowest BCUT2D eigenvalue weighted by atomic mass is 10.2. The Hall–Kier alpha value is -1.77. The molecule has 0 spiro atoms. The molecule has 1 saturated heterocycles. The standard InChI is InChI=1S/C18H26N6.HI/c1-3-19-18(20-13-16-14-21-22(2)15-16)24-11-9-23(10-12-24)17-7-5-4-6-8-17;/h4-8,14-15H,3,9-13H2,1-2H3,(H,19,20);1H. The second-order valence-electron chi connectivity index (χ2n) is 6.00. The summed E-state index contributed by atoms with van der Waals surface area (Å²) in [5, 5.41) is 7.62. The average Bonchev–Trinajstić information content (AvgIpc) is 3.05. The maximum atomic E-state index is 4.78. The molecule has 2 aromatic rings. The van der Waals surface area contributed by atoms with Gasteiger partial charge in [-0.1, -0.05) is 18.2 Å². The Balaban J connectivity index is 0.00000225. The summed E-state index contributed by atoms with van der Waals surface area (Å²) in [4.78, 5) is 9.56. The minimum absolute atomic E-state index is 0. The second-order valence-corrected chi connectivity index (χ2v) is 6.00. The van der Waals surface area contributed by atoms with Gasteiger partial charge in [-0.3, -0.25) is 4.68 Å². The van der Waals surface area contributed by atoms with Crippen LogP contribution in [0.4, 0.5) is 5.69 Å². The number of benzene rings is 1. The van der Waals surface area contributed by atoms with Gasteiger partial charge >= 0.3 is 0 Å². The van der Waals surface area contributed by atoms with Gasteiger partial charge in [0.05, 0.1) is 12.7 Å². The van der Waals surface area contributed by atoms with Crippen LogP contribution < -0.4 is 10.2 Å². The highest BCUT2D eigenvalue weighted by Gasteiger charge is 2.19. The Labute approximate surface area is 166 Å². The van der Waals surface area contributed by atoms with Crippen molar-refractivity contribution in [1.29, 1.82) is 0 Å². The van der Waals surface area contributed by atoms with Gasteiger partial charge in [-0.15, -0.1) is 24.0 Å². The van der Waals surface area contributed by atoms with E-state index in [1.807, 2.05) is 24.1 Å². The number of para-hydroxylation sites is 1. The number of guanidine groups is 1. The van der Waals surface area contributed by atoms with Gasteiger partial charge in [0.15, 0.2) is 5.96 Å². The van der Waals surface area contributed by atoms with Crippen LogP contribution in [0.5, 0.6) is 0 Å². The van der Waals surface area contributed by atoms with E-state index in [4.69, 9.17) is 4.99 Å². The summed E-state index contributed by atoms with van der Waals surface area (Å²) in [5.74, 6) is 0.995. The Bertz CT molecular complexity index is 661. The first kappa shape index (κ1) is 19.6. The van der Waals surface area contributed by atoms with Gasteiger partial charge in [0.2, 0.25) is 0 Å². The number of hydrogen-bond acceptors (Lipinski definition) is 3. The van der Waals surface area contributed by atoms with Crippen molar-refractivity contribution in [3.8, 4) is 0 Å². The van der Waals surface area contributed by atoms with Gasteiger partial charge in [-0.2, -0.15) is 5.10 Å². The first-order chi connectivity index (χ1) is 11.8. The molecule has 1 aromatic carbocycles. The molecule has 2 heterocycles. The molecule has 3 rings (SSSR count). The molecular formula is C18H27IN6. The van der Waals surface area contributed by atoms with Crippen molar-refractivity contribution < 1.29 is 0 Å². The van der Waals surface area contributed by atoms with E-state index in [0.29, 0.717) is 6.54 Å². The second kappa shape index (κ2) is 9.65. The van der Waals surface area contributed by atoms with Gasteiger partial charge in [0.1, 0.15) is 0 Å². The van der Waals surface area contributed by atoms with Gasteiger partial charge < -0.3 is 15.1 Å². The molecule has 0 aliphatic carbocycles. The fourth-order valence-corrected chi connectivity index (χ4v) is 2.96. The summed E-state index contributed by atoms with van der Waals surface area (Å²) in [7, 11) is 1.93. The van der Waals surface area contributed by atoms with Gasteiger partial charge in [-0.25, -0.2) is 4.99 Å². The number of aliphatic imine (C=N–C) groups is 1. The van der Waals surface area contributed by atoms with Crippen LogP contribution in [0.25, 0.3) is 0 Å². The van der Waals surface area contributed by atoms with Crippen LogP contribution in [0.2, 0.25) is 0 Å². The molecule has 25 heavy (non-hydrogen) atoms. The molecule has 1 aromatic heterocycles. The van der Waals surface area contributed by atoms with E-state index in [-0.39, 0.29) is 24.0 Å². The highest BCUT2D eigenvalue weighted by Crippen LogP contribution is 2.15. The van der Waals surface area contributed by atoms with Crippen LogP contribution >= 0.6 is 24.0 Å². The van der Waals surface area contributed by atoms with E-state index in [2.05, 4.69) is 57.5 Å². The zero-order valence-electron chi connectivity index (χ0n) is 14.9. The van der Waals surface area contributed by atoms with E-state index in [0.717, 1.165) is 44.2 Å². The molecule has 0 unspecified atom stereocenters. The third-order valence-corrected chi connectivity index (χ3v) is 4.21. The maximum absolute atomic E-state index is 4.78. The van der Waals surface area contributed by atoms with Crippen molar-refractivity contribution in [3.63, 3.8) is 0 Å². The minimum atomic E-state index is 0. The average molecular weight is 454 g/mol. The number of aromatic nitrogens is 2. The van der Waals surface area contributed by atoms with Crippen LogP contribution in [-0.4, -0.2) is 53.4 Å². The molecule has 0 atom stereocenters. The van der Waals surface area contributed by atoms with Crippen LogP contribution in [-0.2, 0) is 13.6 Å². The largest absolute Gasteiger partial charge is 0.368 e. The molecule has 136 valence electrons. The fraction of sp³-hybridized carbons (Fsp3) is 0.444. The smallest absolute Gasteiger partial charge is 0.194 e. The van der Waals surface area contributed by atoms with Gasteiger partial charge in [0, 0.05) is 57.2 Å². The quantitative estimate of drug-likeness (QED) is 0.438. The number of piperazine rings is 1. The van der Waals surface area contributed by atoms with Crippen molar-refractivity contribution >= 4 is 35.6 Å². The highest BCUT2D eigenvalue weighted by molar-refractivity contribution is 14.0. The van der Waals surface area contributed by atoms with Crippen LogP contribution in [0.15, 0.2) is 47.7 Å². The monoisotopic (exact) mass is 454 g/mol. The Kier molecular flexibility index (Phi) is 7.54. The van der Waals surface area contributed by atoms with E-state index < -0.39 is 0 Å². The molecule has 0 bridgehead atoms. The van der Waals surface area contributed by atoms with E-state index in [9.17, 15) is 0 Å². The Morgan fingerprint density at radius 2 is 1.88 bits per heavy atom. The summed E-state index contributed by atoms with van der Waals surface area (Å²) in [6.07, 6.45) is 3.89. The van der Waals surface area contributed by atoms with Crippen molar-refractivity contribution in [2.24, 2.45) is 12.0 Å². The topological polar surface area (TPSA) is 48.7 Å². The predicted molar refractivity (Wildman–Crippen MR) is 114 cm³/mol. The molecule has 0 radical (unpaired) electrons. The first-order valence-electron chi connectivity index (χ1n) is 8.57. The molecule has 6 nitrogen and oxygen atoms in total. The lowest BCUT2D eigenvalue weighted by Gasteiger charge is -2.37. The Morgan fingerprint density at radius 1 is 1.16 bits per heavy atom. The molecular weight excluding hydrogens is 427 g/mol.